The Morgan fingerprint density at radius 2 is 1.93 bits per heavy atom. The van der Waals surface area contributed by atoms with Gasteiger partial charge in [-0.05, 0) is 27.2 Å². The van der Waals surface area contributed by atoms with Gasteiger partial charge in [-0.2, -0.15) is 0 Å². The normalized spacial score (nSPS) is 20.4. The minimum absolute atomic E-state index is 0.0483. The highest BCUT2D eigenvalue weighted by molar-refractivity contribution is 6.44. The van der Waals surface area contributed by atoms with Gasteiger partial charge in [-0.3, -0.25) is 25.1 Å². The lowest BCUT2D eigenvalue weighted by atomic mass is 10.00. The van der Waals surface area contributed by atoms with E-state index in [4.69, 9.17) is 10.1 Å². The van der Waals surface area contributed by atoms with Crippen molar-refractivity contribution >= 4 is 29.5 Å². The van der Waals surface area contributed by atoms with Crippen LogP contribution >= 0.6 is 0 Å². The summed E-state index contributed by atoms with van der Waals surface area (Å²) in [7, 11) is 1.68. The summed E-state index contributed by atoms with van der Waals surface area (Å²) in [5, 5.41) is 15.9. The number of piperidine rings is 1. The first-order valence-corrected chi connectivity index (χ1v) is 9.13. The molecule has 1 atom stereocenters. The van der Waals surface area contributed by atoms with E-state index in [1.807, 2.05) is 0 Å². The lowest BCUT2D eigenvalue weighted by molar-refractivity contribution is -0.136. The van der Waals surface area contributed by atoms with Crippen molar-refractivity contribution in [3.63, 3.8) is 0 Å². The van der Waals surface area contributed by atoms with Crippen molar-refractivity contribution in [3.05, 3.63) is 11.3 Å². The van der Waals surface area contributed by atoms with E-state index in [0.29, 0.717) is 24.2 Å². The van der Waals surface area contributed by atoms with Gasteiger partial charge in [-0.15, -0.1) is 0 Å². The zero-order valence-corrected chi connectivity index (χ0v) is 16.6. The van der Waals surface area contributed by atoms with Crippen molar-refractivity contribution in [1.29, 1.82) is 5.41 Å². The van der Waals surface area contributed by atoms with E-state index >= 15 is 0 Å². The molecule has 154 valence electrons. The summed E-state index contributed by atoms with van der Waals surface area (Å²) >= 11 is 0. The molecule has 1 saturated heterocycles. The third-order valence-corrected chi connectivity index (χ3v) is 4.37. The molecule has 4 amide bonds. The van der Waals surface area contributed by atoms with Gasteiger partial charge < -0.3 is 20.3 Å². The molecule has 1 fully saturated rings. The molecule has 2 aliphatic heterocycles. The summed E-state index contributed by atoms with van der Waals surface area (Å²) < 4.78 is 5.37. The minimum Gasteiger partial charge on any atom is -0.444 e. The van der Waals surface area contributed by atoms with Crippen LogP contribution in [0.25, 0.3) is 0 Å². The van der Waals surface area contributed by atoms with Crippen LogP contribution in [0, 0.1) is 5.41 Å². The van der Waals surface area contributed by atoms with Gasteiger partial charge in [0.15, 0.2) is 0 Å². The standard InChI is InChI=1S/C18H27N5O5/c1-18(2,3)28-17(27)23-8-7-11(20-4)10(9-23)14(19)16(26)21-12-5-6-13(24)22-15(12)25/h12,19-20H,5-9H2,1-4H3,(H,21,26)(H,22,24,25)/t12-/m0/s1. The number of nitrogens with zero attached hydrogens (tertiary/aromatic N) is 1. The Hall–Kier alpha value is -2.91. The maximum atomic E-state index is 12.5. The van der Waals surface area contributed by atoms with E-state index in [2.05, 4.69) is 16.0 Å². The number of hydrogen-bond donors (Lipinski definition) is 4. The summed E-state index contributed by atoms with van der Waals surface area (Å²) in [5.41, 5.74) is 0.0657. The second-order valence-electron chi connectivity index (χ2n) is 7.71. The van der Waals surface area contributed by atoms with Crippen LogP contribution in [-0.2, 0) is 19.1 Å². The highest BCUT2D eigenvalue weighted by Crippen LogP contribution is 2.20. The maximum absolute atomic E-state index is 12.5. The summed E-state index contributed by atoms with van der Waals surface area (Å²) in [6, 6.07) is -0.866. The van der Waals surface area contributed by atoms with Gasteiger partial charge in [0.1, 0.15) is 17.4 Å². The number of nitrogens with one attached hydrogen (secondary N) is 4. The van der Waals surface area contributed by atoms with Crippen molar-refractivity contribution in [2.24, 2.45) is 0 Å². The molecule has 0 saturated carbocycles. The molecule has 2 heterocycles. The smallest absolute Gasteiger partial charge is 0.410 e. The zero-order valence-electron chi connectivity index (χ0n) is 16.6. The number of amides is 4. The molecule has 0 bridgehead atoms. The van der Waals surface area contributed by atoms with Crippen LogP contribution < -0.4 is 16.0 Å². The van der Waals surface area contributed by atoms with Crippen molar-refractivity contribution in [2.75, 3.05) is 20.1 Å². The van der Waals surface area contributed by atoms with Gasteiger partial charge >= 0.3 is 6.09 Å². The first-order chi connectivity index (χ1) is 13.0. The number of carbonyl (C=O) groups is 4. The Morgan fingerprint density at radius 3 is 2.50 bits per heavy atom. The van der Waals surface area contributed by atoms with Gasteiger partial charge in [0.05, 0.1) is 6.54 Å². The minimum atomic E-state index is -0.866. The Balaban J connectivity index is 2.09. The zero-order chi connectivity index (χ0) is 21.1. The number of imide groups is 1. The molecule has 0 aromatic heterocycles. The van der Waals surface area contributed by atoms with Crippen LogP contribution in [0.5, 0.6) is 0 Å². The molecule has 0 unspecified atom stereocenters. The highest BCUT2D eigenvalue weighted by atomic mass is 16.6. The van der Waals surface area contributed by atoms with Crippen LogP contribution in [0.1, 0.15) is 40.0 Å². The molecule has 0 spiro atoms. The molecule has 0 radical (unpaired) electrons. The summed E-state index contributed by atoms with van der Waals surface area (Å²) in [4.78, 5) is 49.3. The first-order valence-electron chi connectivity index (χ1n) is 9.13. The van der Waals surface area contributed by atoms with Crippen molar-refractivity contribution in [2.45, 2.75) is 51.7 Å². The number of rotatable bonds is 4. The van der Waals surface area contributed by atoms with Gasteiger partial charge in [0.25, 0.3) is 5.91 Å². The SMILES string of the molecule is CNC1=C(C(=N)C(=O)N[C@H]2CCC(=O)NC2=O)CN(C(=O)OC(C)(C)C)CC1. The fourth-order valence-electron chi connectivity index (χ4n) is 2.95. The quantitative estimate of drug-likeness (QED) is 0.393. The van der Waals surface area contributed by atoms with Crippen molar-refractivity contribution in [1.82, 2.24) is 20.9 Å². The second-order valence-corrected chi connectivity index (χ2v) is 7.71. The summed E-state index contributed by atoms with van der Waals surface area (Å²) in [6.45, 7) is 5.74. The van der Waals surface area contributed by atoms with Crippen LogP contribution in [0.15, 0.2) is 11.3 Å². The number of ether oxygens (including phenoxy) is 1. The lowest BCUT2D eigenvalue weighted by Gasteiger charge is -2.32. The Labute approximate surface area is 163 Å². The van der Waals surface area contributed by atoms with E-state index in [1.54, 1.807) is 27.8 Å². The Morgan fingerprint density at radius 1 is 1.25 bits per heavy atom. The van der Waals surface area contributed by atoms with E-state index in [9.17, 15) is 19.2 Å². The molecule has 10 heteroatoms. The van der Waals surface area contributed by atoms with E-state index in [-0.39, 0.29) is 31.0 Å². The summed E-state index contributed by atoms with van der Waals surface area (Å²) in [5.74, 6) is -1.70. The number of hydrogen-bond acceptors (Lipinski definition) is 7. The van der Waals surface area contributed by atoms with Crippen LogP contribution in [-0.4, -0.2) is 66.2 Å². The predicted molar refractivity (Wildman–Crippen MR) is 101 cm³/mol. The highest BCUT2D eigenvalue weighted by Gasteiger charge is 2.33. The van der Waals surface area contributed by atoms with E-state index in [0.717, 1.165) is 0 Å². The van der Waals surface area contributed by atoms with E-state index in [1.165, 1.54) is 4.90 Å². The molecule has 10 nitrogen and oxygen atoms in total. The van der Waals surface area contributed by atoms with E-state index < -0.39 is 29.6 Å². The van der Waals surface area contributed by atoms with Crippen LogP contribution in [0.3, 0.4) is 0 Å². The maximum Gasteiger partial charge on any atom is 0.410 e. The molecule has 0 aliphatic carbocycles. The molecular weight excluding hydrogens is 366 g/mol. The molecule has 2 aliphatic rings. The molecule has 28 heavy (non-hydrogen) atoms. The Bertz CT molecular complexity index is 737. The first kappa shape index (κ1) is 21.4. The second kappa shape index (κ2) is 8.41. The van der Waals surface area contributed by atoms with Crippen LogP contribution in [0.4, 0.5) is 4.79 Å². The fourth-order valence-corrected chi connectivity index (χ4v) is 2.95. The topological polar surface area (TPSA) is 141 Å². The molecule has 0 aromatic carbocycles. The molecular formula is C18H27N5O5. The van der Waals surface area contributed by atoms with Gasteiger partial charge in [-0.25, -0.2) is 4.79 Å². The molecule has 4 N–H and O–H groups in total. The number of carbonyl (C=O) groups excluding carboxylic acids is 4. The van der Waals surface area contributed by atoms with Gasteiger partial charge in [-0.1, -0.05) is 0 Å². The largest absolute Gasteiger partial charge is 0.444 e. The molecule has 0 aromatic rings. The average Bonchev–Trinajstić information content (AvgIpc) is 2.61. The monoisotopic (exact) mass is 393 g/mol. The lowest BCUT2D eigenvalue weighted by Crippen LogP contribution is -2.54. The van der Waals surface area contributed by atoms with Gasteiger partial charge in [0, 0.05) is 37.7 Å². The summed E-state index contributed by atoms with van der Waals surface area (Å²) in [6.07, 6.45) is 0.240. The predicted octanol–water partition coefficient (Wildman–Crippen LogP) is 0.0419. The average molecular weight is 393 g/mol. The van der Waals surface area contributed by atoms with Crippen LogP contribution in [0.2, 0.25) is 0 Å². The Kier molecular flexibility index (Phi) is 6.42. The molecule has 2 rings (SSSR count). The van der Waals surface area contributed by atoms with Crippen molar-refractivity contribution in [3.8, 4) is 0 Å². The third kappa shape index (κ3) is 5.30. The third-order valence-electron chi connectivity index (χ3n) is 4.37. The van der Waals surface area contributed by atoms with Crippen molar-refractivity contribution < 1.29 is 23.9 Å². The fraction of sp³-hybridized carbons (Fsp3) is 0.611. The van der Waals surface area contributed by atoms with Gasteiger partial charge in [0.2, 0.25) is 11.8 Å².